The van der Waals surface area contributed by atoms with Gasteiger partial charge in [-0.3, -0.25) is 0 Å². The summed E-state index contributed by atoms with van der Waals surface area (Å²) in [4.78, 5) is 0. The molecule has 0 aliphatic carbocycles. The number of terminal acetylenes is 1. The minimum absolute atomic E-state index is 0.465. The first-order valence-electron chi connectivity index (χ1n) is 19.0. The molecule has 3 unspecified atom stereocenters. The van der Waals surface area contributed by atoms with E-state index >= 15 is 0 Å². The van der Waals surface area contributed by atoms with E-state index in [-0.39, 0.29) is 0 Å². The van der Waals surface area contributed by atoms with Crippen molar-refractivity contribution in [2.75, 3.05) is 0 Å². The average molecular weight is 744 g/mol. The van der Waals surface area contributed by atoms with E-state index in [0.717, 1.165) is 70.6 Å². The normalized spacial score (nSPS) is 15.1. The quantitative estimate of drug-likeness (QED) is 0.0555. The van der Waals surface area contributed by atoms with Crippen LogP contribution >= 0.6 is 0 Å². The molecule has 0 aromatic heterocycles. The van der Waals surface area contributed by atoms with Gasteiger partial charge in [0.1, 0.15) is 0 Å². The van der Waals surface area contributed by atoms with E-state index < -0.39 is 36.6 Å². The molecule has 0 radical (unpaired) electrons. The fraction of sp³-hybridized carbons (Fsp3) is 0.854. The second-order valence-electron chi connectivity index (χ2n) is 14.0. The first kappa shape index (κ1) is 51.6. The van der Waals surface area contributed by atoms with Crippen molar-refractivity contribution in [3.05, 3.63) is 24.3 Å². The third kappa shape index (κ3) is 45.9. The van der Waals surface area contributed by atoms with Crippen LogP contribution in [-0.4, -0.2) is 51.9 Å². The van der Waals surface area contributed by atoms with Crippen LogP contribution in [0.5, 0.6) is 0 Å². The molecule has 0 aromatic rings. The first-order valence-corrected chi connectivity index (χ1v) is 26.0. The molecule has 0 aromatic carbocycles. The van der Waals surface area contributed by atoms with Gasteiger partial charge < -0.3 is 15.3 Å². The summed E-state index contributed by atoms with van der Waals surface area (Å²) >= 11 is -0.967. The van der Waals surface area contributed by atoms with E-state index in [9.17, 15) is 15.3 Å². The van der Waals surface area contributed by atoms with Gasteiger partial charge in [-0.15, -0.1) is 12.3 Å². The van der Waals surface area contributed by atoms with Gasteiger partial charge in [0.05, 0.1) is 16.8 Å². The van der Waals surface area contributed by atoms with Crippen LogP contribution < -0.4 is 0 Å². The number of aliphatic hydroxyl groups is 3. The molecule has 0 spiro atoms. The number of hydrogen-bond acceptors (Lipinski definition) is 3. The van der Waals surface area contributed by atoms with Gasteiger partial charge in [0.15, 0.2) is 0 Å². The van der Waals surface area contributed by atoms with Crippen LogP contribution in [0.25, 0.3) is 0 Å². The zero-order valence-electron chi connectivity index (χ0n) is 32.7. The molecule has 0 bridgehead atoms. The van der Waals surface area contributed by atoms with Crippen molar-refractivity contribution in [2.45, 2.75) is 222 Å². The maximum absolute atomic E-state index is 9.73. The van der Waals surface area contributed by atoms with E-state index in [1.807, 2.05) is 52.0 Å². The monoisotopic (exact) mass is 745 g/mol. The van der Waals surface area contributed by atoms with Crippen LogP contribution in [-0.2, 0) is 0 Å². The van der Waals surface area contributed by atoms with Crippen LogP contribution in [0.15, 0.2) is 24.3 Å². The van der Waals surface area contributed by atoms with Gasteiger partial charge >= 0.3 is 92.4 Å². The molecule has 45 heavy (non-hydrogen) atoms. The second-order valence-corrected chi connectivity index (χ2v) is 23.9. The van der Waals surface area contributed by atoms with Crippen molar-refractivity contribution in [3.63, 3.8) is 0 Å². The summed E-state index contributed by atoms with van der Waals surface area (Å²) in [5, 5.41) is 29.0. The number of hydrogen-bond donors (Lipinski definition) is 3. The molecule has 0 fully saturated rings. The van der Waals surface area contributed by atoms with Crippen LogP contribution in [0.3, 0.4) is 0 Å². The van der Waals surface area contributed by atoms with Crippen LogP contribution in [0.1, 0.15) is 192 Å². The van der Waals surface area contributed by atoms with Crippen molar-refractivity contribution in [1.29, 1.82) is 0 Å². The molecule has 0 heterocycles. The van der Waals surface area contributed by atoms with Gasteiger partial charge in [0.2, 0.25) is 0 Å². The Balaban J connectivity index is -0.000000250. The zero-order chi connectivity index (χ0) is 35.5. The van der Waals surface area contributed by atoms with Crippen LogP contribution in [0.2, 0.25) is 13.3 Å². The fourth-order valence-corrected chi connectivity index (χ4v) is 15.8. The minimum atomic E-state index is -0.967. The molecule has 0 amide bonds. The van der Waals surface area contributed by atoms with Crippen molar-refractivity contribution in [3.8, 4) is 12.3 Å². The third-order valence-corrected chi connectivity index (χ3v) is 18.7. The van der Waals surface area contributed by atoms with Gasteiger partial charge in [0, 0.05) is 6.42 Å². The molecular formula is C41H84O3Sn. The van der Waals surface area contributed by atoms with Gasteiger partial charge in [-0.1, -0.05) is 83.6 Å². The first-order chi connectivity index (χ1) is 21.2. The van der Waals surface area contributed by atoms with Crippen molar-refractivity contribution >= 4 is 19.8 Å². The van der Waals surface area contributed by atoms with Gasteiger partial charge in [-0.05, 0) is 66.7 Å². The topological polar surface area (TPSA) is 60.7 Å². The average Bonchev–Trinajstić information content (AvgIpc) is 3.00. The predicted molar refractivity (Wildman–Crippen MR) is 209 cm³/mol. The zero-order valence-corrected chi connectivity index (χ0v) is 36.0. The summed E-state index contributed by atoms with van der Waals surface area (Å²) in [7, 11) is 0. The Hall–Kier alpha value is -0.281. The van der Waals surface area contributed by atoms with E-state index in [2.05, 4.69) is 47.5 Å². The van der Waals surface area contributed by atoms with E-state index in [4.69, 9.17) is 6.42 Å². The summed E-state index contributed by atoms with van der Waals surface area (Å²) in [6.07, 6.45) is 33.3. The van der Waals surface area contributed by atoms with Crippen molar-refractivity contribution in [1.82, 2.24) is 0 Å². The number of unbranched alkanes of at least 4 members (excludes halogenated alkanes) is 6. The Kier molecular flexibility index (Phi) is 41.9. The molecule has 0 saturated carbocycles. The molecule has 0 rings (SSSR count). The number of allylic oxidation sites excluding steroid dienone is 2. The summed E-state index contributed by atoms with van der Waals surface area (Å²) in [5.41, 5.74) is -1.60. The van der Waals surface area contributed by atoms with Crippen LogP contribution in [0.4, 0.5) is 0 Å². The number of rotatable bonds is 23. The summed E-state index contributed by atoms with van der Waals surface area (Å²) in [5.74, 6) is 2.47. The Labute approximate surface area is 292 Å². The van der Waals surface area contributed by atoms with E-state index in [0.29, 0.717) is 6.42 Å². The molecule has 4 heteroatoms. The van der Waals surface area contributed by atoms with E-state index in [1.165, 1.54) is 38.5 Å². The molecule has 3 N–H and O–H groups in total. The van der Waals surface area contributed by atoms with Crippen molar-refractivity contribution < 1.29 is 15.3 Å². The van der Waals surface area contributed by atoms with Crippen molar-refractivity contribution in [2.24, 2.45) is 0 Å². The van der Waals surface area contributed by atoms with Crippen LogP contribution in [0, 0.1) is 12.3 Å². The molecule has 3 atom stereocenters. The molecular weight excluding hydrogens is 659 g/mol. The fourth-order valence-electron chi connectivity index (χ4n) is 4.84. The molecule has 0 aliphatic rings. The summed E-state index contributed by atoms with van der Waals surface area (Å²) in [6, 6.07) is 0. The SMILES string of the molecule is C#CCC(C)(O)CCCC.C/C=C/CC(C)(O)CCCC.C/C=C\CC(C)(O)CCCC.CCC[CH2][SnH]([CH2]CCC)[CH2]CCC. The maximum atomic E-state index is 9.73. The molecule has 0 saturated heterocycles. The Bertz CT molecular complexity index is 624. The summed E-state index contributed by atoms with van der Waals surface area (Å²) in [6.45, 7) is 23.0. The summed E-state index contributed by atoms with van der Waals surface area (Å²) < 4.78 is 5.08. The standard InChI is InChI=1S/2C10H20O.C9H16O.3C4H9.Sn.H/c2*1-4-6-8-10(3,11)9-7-5-2;1-4-6-8-9(3,10)7-5-2;3*1-3-4-2;;/h2*4,6,11H,5,7-9H2,1-3H3;2,10H,4,6-8H2,1,3H3;3*1,3-4H2,2H3;;/b6-4+;6-4-;;;;;;. The second kappa shape index (κ2) is 36.6. The predicted octanol–water partition coefficient (Wildman–Crippen LogP) is 12.4. The van der Waals surface area contributed by atoms with Gasteiger partial charge in [0.25, 0.3) is 0 Å². The molecule has 0 aliphatic heterocycles. The Morgan fingerprint density at radius 3 is 1.07 bits per heavy atom. The van der Waals surface area contributed by atoms with E-state index in [1.54, 1.807) is 20.2 Å². The Morgan fingerprint density at radius 1 is 0.533 bits per heavy atom. The third-order valence-electron chi connectivity index (χ3n) is 8.17. The van der Waals surface area contributed by atoms with Gasteiger partial charge in [-0.25, -0.2) is 0 Å². The Morgan fingerprint density at radius 2 is 0.822 bits per heavy atom. The molecule has 3 nitrogen and oxygen atoms in total. The molecule has 270 valence electrons. The van der Waals surface area contributed by atoms with Gasteiger partial charge in [-0.2, -0.15) is 0 Å².